The zero-order valence-electron chi connectivity index (χ0n) is 15.0. The quantitative estimate of drug-likeness (QED) is 0.555. The van der Waals surface area contributed by atoms with E-state index < -0.39 is 0 Å². The number of carbonyl (C=O) groups excluding carboxylic acids is 1. The van der Waals surface area contributed by atoms with Gasteiger partial charge in [-0.3, -0.25) is 4.79 Å². The maximum atomic E-state index is 13.6. The molecule has 0 bridgehead atoms. The van der Waals surface area contributed by atoms with E-state index in [2.05, 4.69) is 10.3 Å². The molecule has 1 amide bonds. The second kappa shape index (κ2) is 7.92. The van der Waals surface area contributed by atoms with Gasteiger partial charge in [0.15, 0.2) is 0 Å². The summed E-state index contributed by atoms with van der Waals surface area (Å²) in [4.78, 5) is 16.5. The highest BCUT2D eigenvalue weighted by molar-refractivity contribution is 5.93. The first-order chi connectivity index (χ1) is 13.7. The molecule has 0 saturated heterocycles. The summed E-state index contributed by atoms with van der Waals surface area (Å²) in [5.74, 6) is 0.121. The average molecular weight is 375 g/mol. The van der Waals surface area contributed by atoms with Crippen LogP contribution in [0.3, 0.4) is 0 Å². The van der Waals surface area contributed by atoms with Crippen LogP contribution < -0.4 is 10.1 Å². The van der Waals surface area contributed by atoms with E-state index in [4.69, 9.17) is 4.74 Å². The Kier molecular flexibility index (Phi) is 5.01. The Bertz CT molecular complexity index is 1110. The second-order valence-electron chi connectivity index (χ2n) is 6.32. The van der Waals surface area contributed by atoms with Gasteiger partial charge in [-0.1, -0.05) is 30.3 Å². The van der Waals surface area contributed by atoms with E-state index in [9.17, 15) is 9.18 Å². The van der Waals surface area contributed by atoms with Crippen molar-refractivity contribution in [1.82, 2.24) is 14.7 Å². The molecule has 0 aliphatic heterocycles. The van der Waals surface area contributed by atoms with E-state index >= 15 is 0 Å². The van der Waals surface area contributed by atoms with Crippen LogP contribution in [0.2, 0.25) is 0 Å². The molecule has 0 aliphatic carbocycles. The number of hydrogen-bond acceptors (Lipinski definition) is 3. The fourth-order valence-corrected chi connectivity index (χ4v) is 2.81. The first kappa shape index (κ1) is 17.7. The predicted molar refractivity (Wildman–Crippen MR) is 104 cm³/mol. The van der Waals surface area contributed by atoms with Gasteiger partial charge < -0.3 is 14.5 Å². The molecule has 0 radical (unpaired) electrons. The number of nitrogens with zero attached hydrogens (tertiary/aromatic N) is 2. The van der Waals surface area contributed by atoms with Crippen LogP contribution in [-0.2, 0) is 13.2 Å². The van der Waals surface area contributed by atoms with Crippen LogP contribution in [0.25, 0.3) is 5.52 Å². The van der Waals surface area contributed by atoms with Crippen molar-refractivity contribution >= 4 is 11.4 Å². The van der Waals surface area contributed by atoms with Gasteiger partial charge in [0.25, 0.3) is 5.91 Å². The zero-order chi connectivity index (χ0) is 19.3. The van der Waals surface area contributed by atoms with Gasteiger partial charge >= 0.3 is 0 Å². The van der Waals surface area contributed by atoms with Crippen molar-refractivity contribution in [2.75, 3.05) is 0 Å². The lowest BCUT2D eigenvalue weighted by atomic mass is 10.2. The molecule has 2 aromatic carbocycles. The molecule has 1 N–H and O–H groups in total. The monoisotopic (exact) mass is 375 g/mol. The minimum absolute atomic E-state index is 0.163. The highest BCUT2D eigenvalue weighted by atomic mass is 19.1. The Balaban J connectivity index is 1.32. The van der Waals surface area contributed by atoms with Gasteiger partial charge in [0.1, 0.15) is 23.9 Å². The number of hydrogen-bond donors (Lipinski definition) is 1. The van der Waals surface area contributed by atoms with Gasteiger partial charge in [-0.15, -0.1) is 0 Å². The van der Waals surface area contributed by atoms with Crippen molar-refractivity contribution in [3.8, 4) is 5.75 Å². The molecule has 2 heterocycles. The number of halogens is 1. The van der Waals surface area contributed by atoms with Crippen LogP contribution in [-0.4, -0.2) is 15.3 Å². The van der Waals surface area contributed by atoms with Gasteiger partial charge in [0.05, 0.1) is 6.33 Å². The number of carbonyl (C=O) groups is 1. The number of nitrogens with one attached hydrogen (secondary N) is 1. The van der Waals surface area contributed by atoms with Gasteiger partial charge in [0.2, 0.25) is 0 Å². The van der Waals surface area contributed by atoms with Crippen molar-refractivity contribution in [3.63, 3.8) is 0 Å². The zero-order valence-corrected chi connectivity index (χ0v) is 15.0. The number of aromatic nitrogens is 2. The minimum Gasteiger partial charge on any atom is -0.489 e. The van der Waals surface area contributed by atoms with Gasteiger partial charge in [-0.2, -0.15) is 0 Å². The third kappa shape index (κ3) is 4.01. The first-order valence-corrected chi connectivity index (χ1v) is 8.85. The third-order valence-corrected chi connectivity index (χ3v) is 4.38. The molecule has 140 valence electrons. The Morgan fingerprint density at radius 3 is 2.71 bits per heavy atom. The Morgan fingerprint density at radius 1 is 1.07 bits per heavy atom. The van der Waals surface area contributed by atoms with Crippen molar-refractivity contribution in [2.45, 2.75) is 13.2 Å². The van der Waals surface area contributed by atoms with Crippen molar-refractivity contribution in [2.24, 2.45) is 0 Å². The fourth-order valence-electron chi connectivity index (χ4n) is 2.81. The average Bonchev–Trinajstić information content (AvgIpc) is 3.20. The highest BCUT2D eigenvalue weighted by Gasteiger charge is 2.08. The number of rotatable bonds is 6. The van der Waals surface area contributed by atoms with Crippen LogP contribution in [0.4, 0.5) is 4.39 Å². The Morgan fingerprint density at radius 2 is 1.89 bits per heavy atom. The molecular formula is C22H18FN3O2. The molecule has 0 unspecified atom stereocenters. The lowest BCUT2D eigenvalue weighted by Crippen LogP contribution is -2.23. The molecule has 28 heavy (non-hydrogen) atoms. The molecule has 0 fully saturated rings. The largest absolute Gasteiger partial charge is 0.489 e. The maximum absolute atomic E-state index is 13.6. The van der Waals surface area contributed by atoms with E-state index in [-0.39, 0.29) is 18.3 Å². The van der Waals surface area contributed by atoms with Gasteiger partial charge in [-0.05, 0) is 42.0 Å². The fraction of sp³-hybridized carbons (Fsp3) is 0.0909. The maximum Gasteiger partial charge on any atom is 0.270 e. The van der Waals surface area contributed by atoms with E-state index in [0.29, 0.717) is 23.6 Å². The standard InChI is InChI=1S/C22H18FN3O2/c23-20-6-2-1-4-17(20)14-28-19-9-7-16(8-10-19)13-24-22(27)21-12-18-5-3-11-26(18)15-25-21/h1-12,15H,13-14H2,(H,24,27). The summed E-state index contributed by atoms with van der Waals surface area (Å²) in [6.07, 6.45) is 3.49. The summed E-state index contributed by atoms with van der Waals surface area (Å²) in [5, 5.41) is 2.86. The summed E-state index contributed by atoms with van der Waals surface area (Å²) in [5.41, 5.74) is 2.72. The molecule has 5 nitrogen and oxygen atoms in total. The summed E-state index contributed by atoms with van der Waals surface area (Å²) < 4.78 is 21.1. The molecule has 0 spiro atoms. The third-order valence-electron chi connectivity index (χ3n) is 4.38. The SMILES string of the molecule is O=C(NCc1ccc(OCc2ccccc2F)cc1)c1cc2cccn2cn1. The summed E-state index contributed by atoms with van der Waals surface area (Å²) >= 11 is 0. The Hall–Kier alpha value is -3.67. The van der Waals surface area contributed by atoms with Crippen molar-refractivity contribution in [3.05, 3.63) is 102 Å². The van der Waals surface area contributed by atoms with Gasteiger partial charge in [-0.25, -0.2) is 9.37 Å². The number of amides is 1. The normalized spacial score (nSPS) is 10.8. The molecule has 0 aliphatic rings. The number of fused-ring (bicyclic) bond motifs is 1. The predicted octanol–water partition coefficient (Wildman–Crippen LogP) is 3.98. The van der Waals surface area contributed by atoms with Crippen molar-refractivity contribution in [1.29, 1.82) is 0 Å². The summed E-state index contributed by atoms with van der Waals surface area (Å²) in [6.45, 7) is 0.539. The van der Waals surface area contributed by atoms with Crippen LogP contribution >= 0.6 is 0 Å². The van der Waals surface area contributed by atoms with Crippen molar-refractivity contribution < 1.29 is 13.9 Å². The van der Waals surface area contributed by atoms with E-state index in [0.717, 1.165) is 11.1 Å². The van der Waals surface area contributed by atoms with Gasteiger partial charge in [0, 0.05) is 23.8 Å². The molecule has 0 atom stereocenters. The molecule has 4 aromatic rings. The molecule has 4 rings (SSSR count). The molecule has 0 saturated carbocycles. The Labute approximate surface area is 161 Å². The first-order valence-electron chi connectivity index (χ1n) is 8.85. The smallest absolute Gasteiger partial charge is 0.270 e. The number of benzene rings is 2. The molecule has 6 heteroatoms. The molecular weight excluding hydrogens is 357 g/mol. The summed E-state index contributed by atoms with van der Waals surface area (Å²) in [6, 6.07) is 19.4. The van der Waals surface area contributed by atoms with E-state index in [1.165, 1.54) is 6.07 Å². The van der Waals surface area contributed by atoms with E-state index in [1.54, 1.807) is 42.7 Å². The van der Waals surface area contributed by atoms with Crippen LogP contribution in [0, 0.1) is 5.82 Å². The lowest BCUT2D eigenvalue weighted by Gasteiger charge is -2.09. The second-order valence-corrected chi connectivity index (χ2v) is 6.32. The topological polar surface area (TPSA) is 55.6 Å². The van der Waals surface area contributed by atoms with E-state index in [1.807, 2.05) is 34.9 Å². The number of ether oxygens (including phenoxy) is 1. The summed E-state index contributed by atoms with van der Waals surface area (Å²) in [7, 11) is 0. The van der Waals surface area contributed by atoms with Crippen LogP contribution in [0.1, 0.15) is 21.6 Å². The highest BCUT2D eigenvalue weighted by Crippen LogP contribution is 2.16. The minimum atomic E-state index is -0.284. The van der Waals surface area contributed by atoms with Crippen LogP contribution in [0.15, 0.2) is 79.3 Å². The van der Waals surface area contributed by atoms with Crippen LogP contribution in [0.5, 0.6) is 5.75 Å². The lowest BCUT2D eigenvalue weighted by molar-refractivity contribution is 0.0946. The molecule has 2 aromatic heterocycles.